The van der Waals surface area contributed by atoms with Gasteiger partial charge in [0.25, 0.3) is 0 Å². The number of benzene rings is 1. The third-order valence-electron chi connectivity index (χ3n) is 3.11. The van der Waals surface area contributed by atoms with E-state index in [4.69, 9.17) is 4.74 Å². The standard InChI is InChI=1S/C14H18FNO/c1-11(8-15)16-9-12(2)17-10-14(16)13-6-4-3-5-7-13/h3-7,12,14H,1,8-10H2,2H3. The summed E-state index contributed by atoms with van der Waals surface area (Å²) in [4.78, 5) is 2.02. The lowest BCUT2D eigenvalue weighted by Gasteiger charge is -2.40. The van der Waals surface area contributed by atoms with E-state index in [2.05, 4.69) is 6.58 Å². The molecule has 1 aliphatic rings. The molecule has 0 aliphatic carbocycles. The van der Waals surface area contributed by atoms with Gasteiger partial charge in [0, 0.05) is 12.2 Å². The van der Waals surface area contributed by atoms with Crippen LogP contribution < -0.4 is 0 Å². The average molecular weight is 235 g/mol. The molecule has 1 fully saturated rings. The summed E-state index contributed by atoms with van der Waals surface area (Å²) in [5.41, 5.74) is 1.68. The number of nitrogens with zero attached hydrogens (tertiary/aromatic N) is 1. The van der Waals surface area contributed by atoms with Crippen LogP contribution in [0.5, 0.6) is 0 Å². The molecule has 1 saturated heterocycles. The molecule has 17 heavy (non-hydrogen) atoms. The SMILES string of the molecule is C=C(CF)N1CC(C)OCC1c1ccccc1. The molecule has 0 spiro atoms. The quantitative estimate of drug-likeness (QED) is 0.798. The minimum Gasteiger partial charge on any atom is -0.374 e. The van der Waals surface area contributed by atoms with E-state index in [1.54, 1.807) is 0 Å². The highest BCUT2D eigenvalue weighted by molar-refractivity contribution is 5.21. The van der Waals surface area contributed by atoms with E-state index in [1.165, 1.54) is 0 Å². The van der Waals surface area contributed by atoms with Crippen LogP contribution in [0.2, 0.25) is 0 Å². The van der Waals surface area contributed by atoms with Crippen molar-refractivity contribution in [2.75, 3.05) is 19.8 Å². The van der Waals surface area contributed by atoms with Crippen molar-refractivity contribution in [2.24, 2.45) is 0 Å². The molecule has 2 atom stereocenters. The summed E-state index contributed by atoms with van der Waals surface area (Å²) in [6.45, 7) is 6.58. The van der Waals surface area contributed by atoms with E-state index in [0.29, 0.717) is 18.8 Å². The number of rotatable bonds is 3. The predicted molar refractivity (Wildman–Crippen MR) is 66.4 cm³/mol. The second-order valence-corrected chi connectivity index (χ2v) is 4.42. The molecule has 0 aromatic heterocycles. The highest BCUT2D eigenvalue weighted by atomic mass is 19.1. The number of halogens is 1. The van der Waals surface area contributed by atoms with Crippen molar-refractivity contribution in [3.8, 4) is 0 Å². The molecule has 1 aromatic carbocycles. The van der Waals surface area contributed by atoms with E-state index < -0.39 is 6.67 Å². The van der Waals surface area contributed by atoms with E-state index in [9.17, 15) is 4.39 Å². The van der Waals surface area contributed by atoms with E-state index in [0.717, 1.165) is 5.56 Å². The summed E-state index contributed by atoms with van der Waals surface area (Å²) in [6, 6.07) is 10.1. The summed E-state index contributed by atoms with van der Waals surface area (Å²) in [5, 5.41) is 0. The van der Waals surface area contributed by atoms with Crippen LogP contribution in [0.25, 0.3) is 0 Å². The number of alkyl halides is 1. The second kappa shape index (κ2) is 5.32. The van der Waals surface area contributed by atoms with Crippen molar-refractivity contribution < 1.29 is 9.13 Å². The minimum absolute atomic E-state index is 0.0793. The number of allylic oxidation sites excluding steroid dienone is 1. The largest absolute Gasteiger partial charge is 0.374 e. The average Bonchev–Trinajstić information content (AvgIpc) is 2.38. The van der Waals surface area contributed by atoms with Crippen molar-refractivity contribution in [1.82, 2.24) is 4.90 Å². The van der Waals surface area contributed by atoms with Gasteiger partial charge in [0.05, 0.1) is 18.8 Å². The maximum Gasteiger partial charge on any atom is 0.128 e. The maximum atomic E-state index is 12.8. The van der Waals surface area contributed by atoms with Crippen LogP contribution in [0.3, 0.4) is 0 Å². The Labute approximate surface area is 102 Å². The van der Waals surface area contributed by atoms with Crippen LogP contribution >= 0.6 is 0 Å². The lowest BCUT2D eigenvalue weighted by atomic mass is 10.0. The smallest absolute Gasteiger partial charge is 0.128 e. The van der Waals surface area contributed by atoms with Gasteiger partial charge in [-0.2, -0.15) is 0 Å². The van der Waals surface area contributed by atoms with Crippen molar-refractivity contribution in [2.45, 2.75) is 19.1 Å². The molecule has 1 aliphatic heterocycles. The Hall–Kier alpha value is -1.35. The maximum absolute atomic E-state index is 12.8. The molecule has 2 unspecified atom stereocenters. The lowest BCUT2D eigenvalue weighted by Crippen LogP contribution is -2.43. The number of ether oxygens (including phenoxy) is 1. The Balaban J connectivity index is 2.22. The molecule has 0 radical (unpaired) electrons. The Kier molecular flexibility index (Phi) is 3.79. The molecule has 1 aromatic rings. The van der Waals surface area contributed by atoms with Crippen LogP contribution in [-0.4, -0.2) is 30.8 Å². The molecule has 0 N–H and O–H groups in total. The summed E-state index contributed by atoms with van der Waals surface area (Å²) in [5.74, 6) is 0. The van der Waals surface area contributed by atoms with Gasteiger partial charge in [0.2, 0.25) is 0 Å². The van der Waals surface area contributed by atoms with Gasteiger partial charge >= 0.3 is 0 Å². The first-order chi connectivity index (χ1) is 8.22. The van der Waals surface area contributed by atoms with Crippen molar-refractivity contribution in [3.63, 3.8) is 0 Å². The highest BCUT2D eigenvalue weighted by Crippen LogP contribution is 2.29. The van der Waals surface area contributed by atoms with E-state index in [-0.39, 0.29) is 12.1 Å². The molecule has 0 amide bonds. The van der Waals surface area contributed by atoms with Gasteiger partial charge in [-0.25, -0.2) is 4.39 Å². The van der Waals surface area contributed by atoms with Crippen LogP contribution in [0.15, 0.2) is 42.6 Å². The first kappa shape index (κ1) is 12.1. The Morgan fingerprint density at radius 2 is 2.18 bits per heavy atom. The molecular formula is C14H18FNO. The van der Waals surface area contributed by atoms with E-state index in [1.807, 2.05) is 42.2 Å². The van der Waals surface area contributed by atoms with Gasteiger partial charge in [0.15, 0.2) is 0 Å². The molecule has 3 heteroatoms. The van der Waals surface area contributed by atoms with Crippen molar-refractivity contribution in [1.29, 1.82) is 0 Å². The van der Waals surface area contributed by atoms with Crippen LogP contribution in [0, 0.1) is 0 Å². The summed E-state index contributed by atoms with van der Waals surface area (Å²) < 4.78 is 18.5. The third kappa shape index (κ3) is 2.67. The van der Waals surface area contributed by atoms with Crippen LogP contribution in [-0.2, 0) is 4.74 Å². The molecule has 0 bridgehead atoms. The molecule has 1 heterocycles. The van der Waals surface area contributed by atoms with E-state index >= 15 is 0 Å². The Morgan fingerprint density at radius 3 is 2.82 bits per heavy atom. The number of hydrogen-bond acceptors (Lipinski definition) is 2. The van der Waals surface area contributed by atoms with Gasteiger partial charge in [-0.3, -0.25) is 0 Å². The van der Waals surface area contributed by atoms with Crippen molar-refractivity contribution in [3.05, 3.63) is 48.2 Å². The minimum atomic E-state index is -0.504. The zero-order valence-electron chi connectivity index (χ0n) is 10.1. The van der Waals surface area contributed by atoms with Crippen LogP contribution in [0.4, 0.5) is 4.39 Å². The molecule has 0 saturated carbocycles. The highest BCUT2D eigenvalue weighted by Gasteiger charge is 2.28. The Morgan fingerprint density at radius 1 is 1.47 bits per heavy atom. The summed E-state index contributed by atoms with van der Waals surface area (Å²) in [7, 11) is 0. The first-order valence-electron chi connectivity index (χ1n) is 5.89. The second-order valence-electron chi connectivity index (χ2n) is 4.42. The van der Waals surface area contributed by atoms with Crippen LogP contribution in [0.1, 0.15) is 18.5 Å². The van der Waals surface area contributed by atoms with Gasteiger partial charge in [-0.15, -0.1) is 0 Å². The fourth-order valence-corrected chi connectivity index (χ4v) is 2.18. The topological polar surface area (TPSA) is 12.5 Å². The zero-order valence-corrected chi connectivity index (χ0v) is 10.1. The van der Waals surface area contributed by atoms with Gasteiger partial charge in [0.1, 0.15) is 6.67 Å². The van der Waals surface area contributed by atoms with Crippen molar-refractivity contribution >= 4 is 0 Å². The zero-order chi connectivity index (χ0) is 12.3. The van der Waals surface area contributed by atoms with Gasteiger partial charge < -0.3 is 9.64 Å². The number of hydrogen-bond donors (Lipinski definition) is 0. The summed E-state index contributed by atoms with van der Waals surface area (Å²) in [6.07, 6.45) is 0.123. The monoisotopic (exact) mass is 235 g/mol. The Bertz CT molecular complexity index is 379. The van der Waals surface area contributed by atoms with Gasteiger partial charge in [-0.1, -0.05) is 36.9 Å². The normalized spacial score (nSPS) is 24.7. The fraction of sp³-hybridized carbons (Fsp3) is 0.429. The molecular weight excluding hydrogens is 217 g/mol. The third-order valence-corrected chi connectivity index (χ3v) is 3.11. The van der Waals surface area contributed by atoms with Gasteiger partial charge in [-0.05, 0) is 12.5 Å². The fourth-order valence-electron chi connectivity index (χ4n) is 2.18. The predicted octanol–water partition coefficient (Wildman–Crippen LogP) is 2.93. The summed E-state index contributed by atoms with van der Waals surface area (Å²) >= 11 is 0. The number of morpholine rings is 1. The molecule has 2 rings (SSSR count). The molecule has 2 nitrogen and oxygen atoms in total. The molecule has 92 valence electrons. The lowest BCUT2D eigenvalue weighted by molar-refractivity contribution is -0.0438. The first-order valence-corrected chi connectivity index (χ1v) is 5.89.